The predicted octanol–water partition coefficient (Wildman–Crippen LogP) is 3.55. The van der Waals surface area contributed by atoms with Crippen LogP contribution in [0.25, 0.3) is 0 Å². The molecule has 0 bridgehead atoms. The molecule has 1 aromatic carbocycles. The van der Waals surface area contributed by atoms with Crippen molar-refractivity contribution >= 4 is 11.7 Å². The van der Waals surface area contributed by atoms with Crippen LogP contribution in [0.3, 0.4) is 0 Å². The van der Waals surface area contributed by atoms with Crippen LogP contribution >= 0.6 is 0 Å². The molecular formula is C18H29N3O. The number of carbonyl (C=O) groups excluding carboxylic acids is 1. The van der Waals surface area contributed by atoms with Crippen LogP contribution in [0.15, 0.2) is 18.2 Å². The van der Waals surface area contributed by atoms with Gasteiger partial charge in [-0.25, -0.2) is 4.79 Å². The maximum Gasteiger partial charge on any atom is 0.319 e. The standard InChI is InChI=1S/C18H29N3O/c1-13(2)21-9-7-16(8-10-21)12-19-18(22)20-17-6-5-14(3)15(4)11-17/h5-6,11,13,16H,7-10,12H2,1-4H3,(H2,19,20,22). The number of likely N-dealkylation sites (tertiary alicyclic amines) is 1. The largest absolute Gasteiger partial charge is 0.338 e. The van der Waals surface area contributed by atoms with E-state index >= 15 is 0 Å². The molecule has 0 spiro atoms. The zero-order valence-electron chi connectivity index (χ0n) is 14.3. The first kappa shape index (κ1) is 16.8. The highest BCUT2D eigenvalue weighted by molar-refractivity contribution is 5.89. The molecule has 1 fully saturated rings. The topological polar surface area (TPSA) is 44.4 Å². The van der Waals surface area contributed by atoms with Crippen molar-refractivity contribution in [3.63, 3.8) is 0 Å². The van der Waals surface area contributed by atoms with E-state index in [0.29, 0.717) is 12.0 Å². The smallest absolute Gasteiger partial charge is 0.319 e. The van der Waals surface area contributed by atoms with Crippen LogP contribution in [-0.4, -0.2) is 36.6 Å². The fraction of sp³-hybridized carbons (Fsp3) is 0.611. The lowest BCUT2D eigenvalue weighted by Crippen LogP contribution is -2.42. The van der Waals surface area contributed by atoms with Gasteiger partial charge in [0.1, 0.15) is 0 Å². The van der Waals surface area contributed by atoms with Crippen LogP contribution in [0.1, 0.15) is 37.8 Å². The maximum atomic E-state index is 12.0. The van der Waals surface area contributed by atoms with Crippen molar-refractivity contribution in [2.24, 2.45) is 5.92 Å². The molecule has 2 amide bonds. The first-order valence-corrected chi connectivity index (χ1v) is 8.32. The zero-order valence-corrected chi connectivity index (χ0v) is 14.3. The van der Waals surface area contributed by atoms with Crippen LogP contribution in [0.4, 0.5) is 10.5 Å². The van der Waals surface area contributed by atoms with Gasteiger partial charge in [0, 0.05) is 18.3 Å². The van der Waals surface area contributed by atoms with E-state index in [-0.39, 0.29) is 6.03 Å². The van der Waals surface area contributed by atoms with Crippen LogP contribution in [0, 0.1) is 19.8 Å². The van der Waals surface area contributed by atoms with Crippen molar-refractivity contribution in [3.05, 3.63) is 29.3 Å². The van der Waals surface area contributed by atoms with Gasteiger partial charge in [-0.15, -0.1) is 0 Å². The number of urea groups is 1. The molecule has 1 heterocycles. The summed E-state index contributed by atoms with van der Waals surface area (Å²) in [5.74, 6) is 0.598. The number of nitrogens with zero attached hydrogens (tertiary/aromatic N) is 1. The van der Waals surface area contributed by atoms with Gasteiger partial charge >= 0.3 is 6.03 Å². The Bertz CT molecular complexity index is 505. The number of hydrogen-bond donors (Lipinski definition) is 2. The Labute approximate surface area is 134 Å². The number of nitrogens with one attached hydrogen (secondary N) is 2. The minimum absolute atomic E-state index is 0.102. The lowest BCUT2D eigenvalue weighted by Gasteiger charge is -2.34. The summed E-state index contributed by atoms with van der Waals surface area (Å²) < 4.78 is 0. The molecule has 0 radical (unpaired) electrons. The summed E-state index contributed by atoms with van der Waals surface area (Å²) in [6.07, 6.45) is 2.34. The fourth-order valence-corrected chi connectivity index (χ4v) is 2.90. The number of carbonyl (C=O) groups is 1. The second-order valence-electron chi connectivity index (χ2n) is 6.71. The van der Waals surface area contributed by atoms with Gasteiger partial charge in [0.2, 0.25) is 0 Å². The van der Waals surface area contributed by atoms with E-state index in [4.69, 9.17) is 0 Å². The van der Waals surface area contributed by atoms with Gasteiger partial charge < -0.3 is 15.5 Å². The molecule has 22 heavy (non-hydrogen) atoms. The number of hydrogen-bond acceptors (Lipinski definition) is 2. The summed E-state index contributed by atoms with van der Waals surface area (Å²) >= 11 is 0. The minimum Gasteiger partial charge on any atom is -0.338 e. The molecule has 0 aliphatic carbocycles. The molecule has 122 valence electrons. The summed E-state index contributed by atoms with van der Waals surface area (Å²) in [6, 6.07) is 6.52. The second kappa shape index (κ2) is 7.63. The molecule has 1 aliphatic rings. The number of amides is 2. The van der Waals surface area contributed by atoms with Gasteiger partial charge in [-0.05, 0) is 82.8 Å². The van der Waals surface area contributed by atoms with E-state index in [1.807, 2.05) is 18.2 Å². The molecule has 0 atom stereocenters. The van der Waals surface area contributed by atoms with Crippen molar-refractivity contribution in [2.45, 2.75) is 46.6 Å². The highest BCUT2D eigenvalue weighted by Crippen LogP contribution is 2.18. The van der Waals surface area contributed by atoms with Crippen LogP contribution in [0.2, 0.25) is 0 Å². The Morgan fingerprint density at radius 2 is 1.91 bits per heavy atom. The molecule has 1 saturated heterocycles. The number of piperidine rings is 1. The van der Waals surface area contributed by atoms with Crippen LogP contribution < -0.4 is 10.6 Å². The average Bonchev–Trinajstić information content (AvgIpc) is 2.49. The summed E-state index contributed by atoms with van der Waals surface area (Å²) in [6.45, 7) is 11.7. The third-order valence-electron chi connectivity index (χ3n) is 4.70. The summed E-state index contributed by atoms with van der Waals surface area (Å²) in [5, 5.41) is 5.93. The van der Waals surface area contributed by atoms with E-state index in [1.54, 1.807) is 0 Å². The average molecular weight is 303 g/mol. The van der Waals surface area contributed by atoms with Gasteiger partial charge in [0.25, 0.3) is 0 Å². The minimum atomic E-state index is -0.102. The first-order chi connectivity index (χ1) is 10.5. The highest BCUT2D eigenvalue weighted by atomic mass is 16.2. The normalized spacial score (nSPS) is 16.8. The molecular weight excluding hydrogens is 274 g/mol. The van der Waals surface area contributed by atoms with Crippen molar-refractivity contribution in [1.82, 2.24) is 10.2 Å². The number of benzene rings is 1. The molecule has 0 saturated carbocycles. The molecule has 1 aliphatic heterocycles. The summed E-state index contributed by atoms with van der Waals surface area (Å²) in [5.41, 5.74) is 3.29. The predicted molar refractivity (Wildman–Crippen MR) is 92.4 cm³/mol. The number of aryl methyl sites for hydroxylation is 2. The van der Waals surface area contributed by atoms with Crippen LogP contribution in [0.5, 0.6) is 0 Å². The van der Waals surface area contributed by atoms with E-state index in [1.165, 1.54) is 24.0 Å². The van der Waals surface area contributed by atoms with Gasteiger partial charge in [-0.1, -0.05) is 6.07 Å². The Kier molecular flexibility index (Phi) is 5.83. The molecule has 0 aromatic heterocycles. The maximum absolute atomic E-state index is 12.0. The molecule has 4 nitrogen and oxygen atoms in total. The Morgan fingerprint density at radius 1 is 1.23 bits per heavy atom. The van der Waals surface area contributed by atoms with Crippen molar-refractivity contribution < 1.29 is 4.79 Å². The van der Waals surface area contributed by atoms with E-state index in [0.717, 1.165) is 25.3 Å². The number of rotatable bonds is 4. The third-order valence-corrected chi connectivity index (χ3v) is 4.70. The van der Waals surface area contributed by atoms with Gasteiger partial charge in [-0.3, -0.25) is 0 Å². The second-order valence-corrected chi connectivity index (χ2v) is 6.71. The van der Waals surface area contributed by atoms with Crippen molar-refractivity contribution in [2.75, 3.05) is 25.0 Å². The van der Waals surface area contributed by atoms with Gasteiger partial charge in [0.05, 0.1) is 0 Å². The summed E-state index contributed by atoms with van der Waals surface area (Å²) in [7, 11) is 0. The van der Waals surface area contributed by atoms with E-state index in [2.05, 4.69) is 43.2 Å². The van der Waals surface area contributed by atoms with Crippen molar-refractivity contribution in [3.8, 4) is 0 Å². The third kappa shape index (κ3) is 4.73. The van der Waals surface area contributed by atoms with Gasteiger partial charge in [-0.2, -0.15) is 0 Å². The lowest BCUT2D eigenvalue weighted by molar-refractivity contribution is 0.149. The molecule has 2 N–H and O–H groups in total. The Hall–Kier alpha value is -1.55. The zero-order chi connectivity index (χ0) is 16.1. The number of anilines is 1. The first-order valence-electron chi connectivity index (χ1n) is 8.32. The molecule has 4 heteroatoms. The molecule has 1 aromatic rings. The molecule has 0 unspecified atom stereocenters. The van der Waals surface area contributed by atoms with E-state index < -0.39 is 0 Å². The highest BCUT2D eigenvalue weighted by Gasteiger charge is 2.21. The Balaban J connectivity index is 1.73. The monoisotopic (exact) mass is 303 g/mol. The fourth-order valence-electron chi connectivity index (χ4n) is 2.90. The molecule has 2 rings (SSSR count). The SMILES string of the molecule is Cc1ccc(NC(=O)NCC2CCN(C(C)C)CC2)cc1C. The lowest BCUT2D eigenvalue weighted by atomic mass is 9.96. The summed E-state index contributed by atoms with van der Waals surface area (Å²) in [4.78, 5) is 14.5. The van der Waals surface area contributed by atoms with Crippen molar-refractivity contribution in [1.29, 1.82) is 0 Å². The van der Waals surface area contributed by atoms with Gasteiger partial charge in [0.15, 0.2) is 0 Å². The van der Waals surface area contributed by atoms with Crippen LogP contribution in [-0.2, 0) is 0 Å². The quantitative estimate of drug-likeness (QED) is 0.893. The van der Waals surface area contributed by atoms with E-state index in [9.17, 15) is 4.79 Å². The Morgan fingerprint density at radius 3 is 2.50 bits per heavy atom.